The molecule has 1 N–H and O–H groups in total. The minimum Gasteiger partial charge on any atom is -0.480 e. The average molecular weight is 555 g/mol. The standard InChI is InChI=1S/C35H46N4O2/c1-2-38-25-32(27-14-8-4-9-15-27)36-34(38)29-18-20-37(21-19-29)22-30-23-39(24-31(30)26-12-6-3-7-13-26)33(35(40)41)28-16-10-5-11-17-28/h3-4,6-9,12-15,25,28-31,33H,2,5,10-11,16-24H2,1H3,(H,40,41)/t30-,31+,33+/m0/s1. The molecule has 0 spiro atoms. The topological polar surface area (TPSA) is 61.6 Å². The molecular weight excluding hydrogens is 508 g/mol. The number of imidazole rings is 1. The van der Waals surface area contributed by atoms with E-state index in [1.54, 1.807) is 0 Å². The van der Waals surface area contributed by atoms with Crippen LogP contribution in [0.15, 0.2) is 66.9 Å². The molecule has 3 aliphatic rings. The van der Waals surface area contributed by atoms with Crippen molar-refractivity contribution in [3.05, 3.63) is 78.2 Å². The first-order valence-corrected chi connectivity index (χ1v) is 16.0. The molecule has 3 atom stereocenters. The van der Waals surface area contributed by atoms with E-state index in [0.717, 1.165) is 70.6 Å². The Morgan fingerprint density at radius 2 is 1.61 bits per heavy atom. The van der Waals surface area contributed by atoms with Crippen LogP contribution in [-0.2, 0) is 11.3 Å². The van der Waals surface area contributed by atoms with Gasteiger partial charge in [0.2, 0.25) is 0 Å². The number of piperidine rings is 1. The van der Waals surface area contributed by atoms with E-state index < -0.39 is 5.97 Å². The summed E-state index contributed by atoms with van der Waals surface area (Å²) in [6.07, 6.45) is 10.2. The normalized spacial score (nSPS) is 24.0. The number of carbonyl (C=O) groups is 1. The predicted octanol–water partition coefficient (Wildman–Crippen LogP) is 6.50. The molecule has 6 heteroatoms. The Hall–Kier alpha value is -2.96. The summed E-state index contributed by atoms with van der Waals surface area (Å²) in [5.41, 5.74) is 3.62. The van der Waals surface area contributed by atoms with Crippen LogP contribution >= 0.6 is 0 Å². The van der Waals surface area contributed by atoms with Crippen molar-refractivity contribution in [2.45, 2.75) is 76.3 Å². The molecule has 0 bridgehead atoms. The Balaban J connectivity index is 1.14. The number of likely N-dealkylation sites (tertiary alicyclic amines) is 2. The summed E-state index contributed by atoms with van der Waals surface area (Å²) in [6.45, 7) is 8.08. The third kappa shape index (κ3) is 6.29. The second-order valence-electron chi connectivity index (χ2n) is 12.6. The number of nitrogens with zero attached hydrogens (tertiary/aromatic N) is 4. The molecule has 41 heavy (non-hydrogen) atoms. The SMILES string of the molecule is CCn1cc(-c2ccccc2)nc1C1CCN(C[C@H]2CN([C@@H](C(=O)O)C3CCCCC3)C[C@@H]2c2ccccc2)CC1. The van der Waals surface area contributed by atoms with E-state index in [4.69, 9.17) is 4.98 Å². The van der Waals surface area contributed by atoms with Gasteiger partial charge in [-0.05, 0) is 63.1 Å². The highest BCUT2D eigenvalue weighted by molar-refractivity contribution is 5.74. The van der Waals surface area contributed by atoms with Crippen LogP contribution in [0.25, 0.3) is 11.3 Å². The van der Waals surface area contributed by atoms with Gasteiger partial charge in [0.05, 0.1) is 5.69 Å². The van der Waals surface area contributed by atoms with Gasteiger partial charge < -0.3 is 14.6 Å². The maximum absolute atomic E-state index is 12.6. The van der Waals surface area contributed by atoms with Crippen LogP contribution in [0, 0.1) is 11.8 Å². The Bertz CT molecular complexity index is 1260. The lowest BCUT2D eigenvalue weighted by molar-refractivity contribution is -0.145. The van der Waals surface area contributed by atoms with Crippen LogP contribution in [0.1, 0.15) is 75.1 Å². The Morgan fingerprint density at radius 3 is 2.27 bits per heavy atom. The molecule has 0 radical (unpaired) electrons. The fraction of sp³-hybridized carbons (Fsp3) is 0.543. The fourth-order valence-electron chi connectivity index (χ4n) is 7.96. The van der Waals surface area contributed by atoms with Crippen molar-refractivity contribution in [1.82, 2.24) is 19.4 Å². The van der Waals surface area contributed by atoms with Crippen molar-refractivity contribution in [2.24, 2.45) is 11.8 Å². The van der Waals surface area contributed by atoms with Gasteiger partial charge in [-0.25, -0.2) is 4.98 Å². The predicted molar refractivity (Wildman–Crippen MR) is 164 cm³/mol. The number of benzene rings is 2. The number of carboxylic acid groups (broad SMARTS) is 1. The molecular formula is C35H46N4O2. The van der Waals surface area contributed by atoms with Gasteiger partial charge in [-0.2, -0.15) is 0 Å². The number of hydrogen-bond acceptors (Lipinski definition) is 4. The molecule has 1 aliphatic carbocycles. The number of carboxylic acids is 1. The maximum atomic E-state index is 12.6. The number of aromatic nitrogens is 2. The third-order valence-electron chi connectivity index (χ3n) is 10.1. The molecule has 3 heterocycles. The fourth-order valence-corrected chi connectivity index (χ4v) is 7.96. The molecule has 0 amide bonds. The number of rotatable bonds is 9. The molecule has 6 rings (SSSR count). The average Bonchev–Trinajstić information content (AvgIpc) is 3.64. The van der Waals surface area contributed by atoms with Gasteiger partial charge in [0, 0.05) is 49.8 Å². The van der Waals surface area contributed by atoms with Crippen molar-refractivity contribution in [1.29, 1.82) is 0 Å². The monoisotopic (exact) mass is 554 g/mol. The molecule has 2 aromatic carbocycles. The molecule has 2 aliphatic heterocycles. The summed E-state index contributed by atoms with van der Waals surface area (Å²) in [7, 11) is 0. The Kier molecular flexibility index (Phi) is 8.87. The second-order valence-corrected chi connectivity index (χ2v) is 12.6. The van der Waals surface area contributed by atoms with Gasteiger partial charge in [-0.15, -0.1) is 0 Å². The van der Waals surface area contributed by atoms with Gasteiger partial charge in [0.25, 0.3) is 0 Å². The molecule has 1 saturated carbocycles. The lowest BCUT2D eigenvalue weighted by Gasteiger charge is -2.35. The highest BCUT2D eigenvalue weighted by Gasteiger charge is 2.43. The lowest BCUT2D eigenvalue weighted by atomic mass is 9.83. The highest BCUT2D eigenvalue weighted by Crippen LogP contribution is 2.39. The van der Waals surface area contributed by atoms with Gasteiger partial charge in [0.15, 0.2) is 0 Å². The van der Waals surface area contributed by atoms with Crippen molar-refractivity contribution in [3.63, 3.8) is 0 Å². The van der Waals surface area contributed by atoms with E-state index in [2.05, 4.69) is 88.2 Å². The van der Waals surface area contributed by atoms with Crippen molar-refractivity contribution < 1.29 is 9.90 Å². The molecule has 3 fully saturated rings. The smallest absolute Gasteiger partial charge is 0.321 e. The third-order valence-corrected chi connectivity index (χ3v) is 10.1. The van der Waals surface area contributed by atoms with E-state index in [-0.39, 0.29) is 12.0 Å². The summed E-state index contributed by atoms with van der Waals surface area (Å²) in [5, 5.41) is 10.3. The first-order valence-electron chi connectivity index (χ1n) is 16.0. The first kappa shape index (κ1) is 28.2. The number of hydrogen-bond donors (Lipinski definition) is 1. The van der Waals surface area contributed by atoms with E-state index in [1.165, 1.54) is 36.2 Å². The molecule has 0 unspecified atom stereocenters. The van der Waals surface area contributed by atoms with Crippen molar-refractivity contribution in [3.8, 4) is 11.3 Å². The van der Waals surface area contributed by atoms with Crippen LogP contribution in [0.3, 0.4) is 0 Å². The second kappa shape index (κ2) is 12.9. The molecule has 218 valence electrons. The Labute approximate surface area is 245 Å². The van der Waals surface area contributed by atoms with Crippen molar-refractivity contribution in [2.75, 3.05) is 32.7 Å². The summed E-state index contributed by atoms with van der Waals surface area (Å²) in [6, 6.07) is 21.0. The molecule has 3 aromatic rings. The van der Waals surface area contributed by atoms with Crippen LogP contribution in [-0.4, -0.2) is 69.2 Å². The van der Waals surface area contributed by atoms with Crippen LogP contribution in [0.5, 0.6) is 0 Å². The Morgan fingerprint density at radius 1 is 0.927 bits per heavy atom. The van der Waals surface area contributed by atoms with Gasteiger partial charge in [-0.3, -0.25) is 9.69 Å². The highest BCUT2D eigenvalue weighted by atomic mass is 16.4. The van der Waals surface area contributed by atoms with Gasteiger partial charge in [-0.1, -0.05) is 79.9 Å². The van der Waals surface area contributed by atoms with E-state index in [9.17, 15) is 9.90 Å². The van der Waals surface area contributed by atoms with Crippen LogP contribution in [0.4, 0.5) is 0 Å². The zero-order valence-electron chi connectivity index (χ0n) is 24.6. The molecule has 1 aromatic heterocycles. The maximum Gasteiger partial charge on any atom is 0.321 e. The summed E-state index contributed by atoms with van der Waals surface area (Å²) < 4.78 is 2.35. The number of aliphatic carboxylic acids is 1. The van der Waals surface area contributed by atoms with Crippen LogP contribution in [0.2, 0.25) is 0 Å². The first-order chi connectivity index (χ1) is 20.1. The van der Waals surface area contributed by atoms with Crippen LogP contribution < -0.4 is 0 Å². The summed E-state index contributed by atoms with van der Waals surface area (Å²) in [5.74, 6) is 2.21. The summed E-state index contributed by atoms with van der Waals surface area (Å²) in [4.78, 5) is 22.7. The number of aryl methyl sites for hydroxylation is 1. The minimum atomic E-state index is -0.619. The lowest BCUT2D eigenvalue weighted by Crippen LogP contribution is -2.46. The summed E-state index contributed by atoms with van der Waals surface area (Å²) >= 11 is 0. The zero-order valence-corrected chi connectivity index (χ0v) is 24.6. The minimum absolute atomic E-state index is 0.287. The molecule has 2 saturated heterocycles. The van der Waals surface area contributed by atoms with Gasteiger partial charge >= 0.3 is 5.97 Å². The van der Waals surface area contributed by atoms with Gasteiger partial charge in [0.1, 0.15) is 11.9 Å². The van der Waals surface area contributed by atoms with E-state index >= 15 is 0 Å². The van der Waals surface area contributed by atoms with E-state index in [1.807, 2.05) is 0 Å². The largest absolute Gasteiger partial charge is 0.480 e. The molecule has 6 nitrogen and oxygen atoms in total. The quantitative estimate of drug-likeness (QED) is 0.327. The zero-order chi connectivity index (χ0) is 28.2. The van der Waals surface area contributed by atoms with Crippen molar-refractivity contribution >= 4 is 5.97 Å². The van der Waals surface area contributed by atoms with E-state index in [0.29, 0.717) is 17.8 Å².